The van der Waals surface area contributed by atoms with Crippen LogP contribution in [-0.4, -0.2) is 18.9 Å². The number of ketones is 1. The van der Waals surface area contributed by atoms with Crippen molar-refractivity contribution in [1.82, 2.24) is 5.32 Å². The molecule has 4 heteroatoms. The lowest BCUT2D eigenvalue weighted by Gasteiger charge is -2.36. The molecule has 1 aromatic rings. The highest BCUT2D eigenvalue weighted by Gasteiger charge is 2.38. The molecule has 1 aromatic carbocycles. The van der Waals surface area contributed by atoms with Gasteiger partial charge in [-0.2, -0.15) is 0 Å². The van der Waals surface area contributed by atoms with E-state index in [9.17, 15) is 13.6 Å². The van der Waals surface area contributed by atoms with Gasteiger partial charge in [0.15, 0.2) is 5.78 Å². The molecular formula is C15H19F2NO. The SMILES string of the molecule is CC(C)(C(=O)c1ccc(F)cc1F)C1CCCNC1. The summed E-state index contributed by atoms with van der Waals surface area (Å²) in [5.41, 5.74) is -0.663. The highest BCUT2D eigenvalue weighted by Crippen LogP contribution is 2.35. The lowest BCUT2D eigenvalue weighted by molar-refractivity contribution is 0.0703. The van der Waals surface area contributed by atoms with Gasteiger partial charge in [0.25, 0.3) is 0 Å². The van der Waals surface area contributed by atoms with Gasteiger partial charge in [0.05, 0.1) is 5.56 Å². The zero-order valence-electron chi connectivity index (χ0n) is 11.3. The summed E-state index contributed by atoms with van der Waals surface area (Å²) in [4.78, 5) is 12.5. The third-order valence-corrected chi connectivity index (χ3v) is 4.08. The van der Waals surface area contributed by atoms with Crippen LogP contribution in [0.4, 0.5) is 8.78 Å². The van der Waals surface area contributed by atoms with E-state index in [1.54, 1.807) is 0 Å². The number of nitrogens with one attached hydrogen (secondary N) is 1. The fraction of sp³-hybridized carbons (Fsp3) is 0.533. The summed E-state index contributed by atoms with van der Waals surface area (Å²) in [7, 11) is 0. The molecule has 104 valence electrons. The van der Waals surface area contributed by atoms with Crippen molar-refractivity contribution in [3.05, 3.63) is 35.4 Å². The normalized spacial score (nSPS) is 20.3. The summed E-state index contributed by atoms with van der Waals surface area (Å²) >= 11 is 0. The summed E-state index contributed by atoms with van der Waals surface area (Å²) in [6.45, 7) is 5.42. The van der Waals surface area contributed by atoms with Gasteiger partial charge in [-0.1, -0.05) is 13.8 Å². The van der Waals surface area contributed by atoms with E-state index in [1.807, 2.05) is 13.8 Å². The van der Waals surface area contributed by atoms with Crippen LogP contribution in [0.3, 0.4) is 0 Å². The molecular weight excluding hydrogens is 248 g/mol. The Balaban J connectivity index is 2.26. The van der Waals surface area contributed by atoms with Gasteiger partial charge in [-0.25, -0.2) is 8.78 Å². The minimum atomic E-state index is -0.776. The molecule has 2 rings (SSSR count). The van der Waals surface area contributed by atoms with E-state index in [4.69, 9.17) is 0 Å². The van der Waals surface area contributed by atoms with Gasteiger partial charge in [-0.05, 0) is 44.0 Å². The molecule has 1 N–H and O–H groups in total. The van der Waals surface area contributed by atoms with Crippen LogP contribution in [-0.2, 0) is 0 Å². The van der Waals surface area contributed by atoms with Gasteiger partial charge in [0.1, 0.15) is 11.6 Å². The Morgan fingerprint density at radius 3 is 2.68 bits per heavy atom. The molecule has 0 spiro atoms. The Hall–Kier alpha value is -1.29. The second kappa shape index (κ2) is 5.37. The first-order chi connectivity index (χ1) is 8.93. The van der Waals surface area contributed by atoms with Crippen molar-refractivity contribution in [2.45, 2.75) is 26.7 Å². The van der Waals surface area contributed by atoms with Crippen molar-refractivity contribution >= 4 is 5.78 Å². The van der Waals surface area contributed by atoms with E-state index in [2.05, 4.69) is 5.32 Å². The van der Waals surface area contributed by atoms with Gasteiger partial charge in [0.2, 0.25) is 0 Å². The summed E-state index contributed by atoms with van der Waals surface area (Å²) in [5.74, 6) is -1.51. The van der Waals surface area contributed by atoms with E-state index in [1.165, 1.54) is 6.07 Å². The highest BCUT2D eigenvalue weighted by molar-refractivity contribution is 6.00. The number of carbonyl (C=O) groups excluding carboxylic acids is 1. The van der Waals surface area contributed by atoms with E-state index in [0.717, 1.165) is 38.1 Å². The average molecular weight is 267 g/mol. The molecule has 1 aliphatic rings. The number of hydrogen-bond donors (Lipinski definition) is 1. The number of rotatable bonds is 3. The average Bonchev–Trinajstić information content (AvgIpc) is 2.39. The lowest BCUT2D eigenvalue weighted by Crippen LogP contribution is -2.42. The van der Waals surface area contributed by atoms with Crippen LogP contribution in [0.2, 0.25) is 0 Å². The number of Topliss-reactive ketones (excluding diaryl/α,β-unsaturated/α-hetero) is 1. The molecule has 1 atom stereocenters. The fourth-order valence-electron chi connectivity index (χ4n) is 2.67. The monoisotopic (exact) mass is 267 g/mol. The summed E-state index contributed by atoms with van der Waals surface area (Å²) in [6, 6.07) is 3.14. The standard InChI is InChI=1S/C15H19F2NO/c1-15(2,10-4-3-7-18-9-10)14(19)12-6-5-11(16)8-13(12)17/h5-6,8,10,18H,3-4,7,9H2,1-2H3. The zero-order chi connectivity index (χ0) is 14.0. The molecule has 0 bridgehead atoms. The van der Waals surface area contributed by atoms with Gasteiger partial charge >= 0.3 is 0 Å². The number of halogens is 2. The Morgan fingerprint density at radius 1 is 1.37 bits per heavy atom. The van der Waals surface area contributed by atoms with Gasteiger partial charge in [0, 0.05) is 11.5 Å². The van der Waals surface area contributed by atoms with Gasteiger partial charge < -0.3 is 5.32 Å². The largest absolute Gasteiger partial charge is 0.316 e. The maximum absolute atomic E-state index is 13.7. The summed E-state index contributed by atoms with van der Waals surface area (Å²) < 4.78 is 26.6. The van der Waals surface area contributed by atoms with Crippen LogP contribution in [0.25, 0.3) is 0 Å². The van der Waals surface area contributed by atoms with Crippen LogP contribution in [0.1, 0.15) is 37.0 Å². The molecule has 1 aliphatic heterocycles. The molecule has 1 heterocycles. The van der Waals surface area contributed by atoms with Crippen molar-refractivity contribution < 1.29 is 13.6 Å². The van der Waals surface area contributed by atoms with E-state index in [0.29, 0.717) is 0 Å². The molecule has 19 heavy (non-hydrogen) atoms. The quantitative estimate of drug-likeness (QED) is 0.852. The Bertz CT molecular complexity index is 479. The molecule has 1 fully saturated rings. The molecule has 2 nitrogen and oxygen atoms in total. The Kier molecular flexibility index (Phi) is 3.99. The first kappa shape index (κ1) is 14.1. The smallest absolute Gasteiger partial charge is 0.171 e. The van der Waals surface area contributed by atoms with E-state index >= 15 is 0 Å². The second-order valence-corrected chi connectivity index (χ2v) is 5.72. The van der Waals surface area contributed by atoms with Crippen LogP contribution < -0.4 is 5.32 Å². The van der Waals surface area contributed by atoms with Crippen molar-refractivity contribution in [1.29, 1.82) is 0 Å². The minimum Gasteiger partial charge on any atom is -0.316 e. The molecule has 0 aromatic heterocycles. The minimum absolute atomic E-state index is 0.0167. The fourth-order valence-corrected chi connectivity index (χ4v) is 2.67. The van der Waals surface area contributed by atoms with Gasteiger partial charge in [-0.3, -0.25) is 4.79 Å². The number of benzene rings is 1. The van der Waals surface area contributed by atoms with Gasteiger partial charge in [-0.15, -0.1) is 0 Å². The molecule has 1 unspecified atom stereocenters. The number of piperidine rings is 1. The highest BCUT2D eigenvalue weighted by atomic mass is 19.1. The molecule has 0 aliphatic carbocycles. The van der Waals surface area contributed by atoms with E-state index < -0.39 is 17.0 Å². The van der Waals surface area contributed by atoms with Crippen molar-refractivity contribution in [3.8, 4) is 0 Å². The molecule has 0 radical (unpaired) electrons. The van der Waals surface area contributed by atoms with Crippen LogP contribution in [0.15, 0.2) is 18.2 Å². The first-order valence-electron chi connectivity index (χ1n) is 6.63. The second-order valence-electron chi connectivity index (χ2n) is 5.72. The lowest BCUT2D eigenvalue weighted by atomic mass is 9.70. The summed E-state index contributed by atoms with van der Waals surface area (Å²) in [5, 5.41) is 3.27. The number of hydrogen-bond acceptors (Lipinski definition) is 2. The van der Waals surface area contributed by atoms with Crippen LogP contribution in [0.5, 0.6) is 0 Å². The van der Waals surface area contributed by atoms with Crippen LogP contribution in [0, 0.1) is 23.0 Å². The maximum Gasteiger partial charge on any atom is 0.171 e. The summed E-state index contributed by atoms with van der Waals surface area (Å²) in [6.07, 6.45) is 1.97. The topological polar surface area (TPSA) is 29.1 Å². The predicted octanol–water partition coefficient (Wildman–Crippen LogP) is 3.17. The van der Waals surface area contributed by atoms with Crippen molar-refractivity contribution in [2.75, 3.05) is 13.1 Å². The Labute approximate surface area is 112 Å². The van der Waals surface area contributed by atoms with Crippen molar-refractivity contribution in [2.24, 2.45) is 11.3 Å². The third-order valence-electron chi connectivity index (χ3n) is 4.08. The molecule has 0 amide bonds. The first-order valence-corrected chi connectivity index (χ1v) is 6.63. The van der Waals surface area contributed by atoms with Crippen molar-refractivity contribution in [3.63, 3.8) is 0 Å². The third kappa shape index (κ3) is 2.84. The number of carbonyl (C=O) groups is 1. The maximum atomic E-state index is 13.7. The molecule has 0 saturated carbocycles. The van der Waals surface area contributed by atoms with E-state index in [-0.39, 0.29) is 17.3 Å². The zero-order valence-corrected chi connectivity index (χ0v) is 11.3. The van der Waals surface area contributed by atoms with Crippen LogP contribution >= 0.6 is 0 Å². The Morgan fingerprint density at radius 2 is 2.11 bits per heavy atom. The molecule has 1 saturated heterocycles. The predicted molar refractivity (Wildman–Crippen MR) is 70.1 cm³/mol.